The number of amides is 1. The first kappa shape index (κ1) is 18.5. The molecule has 2 aromatic rings. The zero-order chi connectivity index (χ0) is 19.7. The molecule has 146 valence electrons. The van der Waals surface area contributed by atoms with Crippen molar-refractivity contribution in [2.24, 2.45) is 5.41 Å². The minimum absolute atomic E-state index is 0.0175. The Kier molecular flexibility index (Phi) is 4.78. The summed E-state index contributed by atoms with van der Waals surface area (Å²) in [6.45, 7) is 2.97. The first-order valence-electron chi connectivity index (χ1n) is 9.34. The van der Waals surface area contributed by atoms with Crippen molar-refractivity contribution in [1.29, 1.82) is 0 Å². The minimum Gasteiger partial charge on any atom is -0.340 e. The lowest BCUT2D eigenvalue weighted by Crippen LogP contribution is -2.47. The average Bonchev–Trinajstić information content (AvgIpc) is 3.21. The van der Waals surface area contributed by atoms with Crippen LogP contribution in [0.4, 0.5) is 8.78 Å². The number of carbonyl (C=O) groups excluding carboxylic acids is 1. The predicted molar refractivity (Wildman–Crippen MR) is 99.1 cm³/mol. The van der Waals surface area contributed by atoms with Crippen molar-refractivity contribution in [1.82, 2.24) is 25.1 Å². The molecule has 1 fully saturated rings. The summed E-state index contributed by atoms with van der Waals surface area (Å²) in [6.07, 6.45) is 6.47. The van der Waals surface area contributed by atoms with Crippen molar-refractivity contribution in [3.63, 3.8) is 0 Å². The number of benzene rings is 1. The van der Waals surface area contributed by atoms with Gasteiger partial charge >= 0.3 is 0 Å². The van der Waals surface area contributed by atoms with Crippen molar-refractivity contribution in [3.05, 3.63) is 54.1 Å². The van der Waals surface area contributed by atoms with E-state index in [4.69, 9.17) is 0 Å². The van der Waals surface area contributed by atoms with E-state index in [1.54, 1.807) is 23.1 Å². The molecule has 2 heterocycles. The van der Waals surface area contributed by atoms with Crippen LogP contribution in [0.2, 0.25) is 0 Å². The number of hydrogen-bond acceptors (Lipinski definition) is 4. The van der Waals surface area contributed by atoms with Crippen LogP contribution in [0.25, 0.3) is 11.4 Å². The highest BCUT2D eigenvalue weighted by molar-refractivity contribution is 5.85. The zero-order valence-corrected chi connectivity index (χ0v) is 15.6. The fourth-order valence-corrected chi connectivity index (χ4v) is 3.65. The fraction of sp³-hybridized carbons (Fsp3) is 0.400. The molecule has 0 radical (unpaired) electrons. The molecule has 0 spiro atoms. The molecule has 1 aliphatic carbocycles. The number of likely N-dealkylation sites (tertiary alicyclic amines) is 1. The maximum absolute atomic E-state index is 13.3. The summed E-state index contributed by atoms with van der Waals surface area (Å²) in [6, 6.07) is 5.84. The number of rotatable bonds is 3. The number of carbonyl (C=O) groups is 1. The topological polar surface area (TPSA) is 63.9 Å². The van der Waals surface area contributed by atoms with E-state index in [1.165, 1.54) is 29.1 Å². The van der Waals surface area contributed by atoms with Crippen LogP contribution in [0.3, 0.4) is 0 Å². The van der Waals surface area contributed by atoms with Crippen LogP contribution < -0.4 is 0 Å². The van der Waals surface area contributed by atoms with E-state index in [1.807, 2.05) is 6.92 Å². The lowest BCUT2D eigenvalue weighted by atomic mass is 9.81. The summed E-state index contributed by atoms with van der Waals surface area (Å²) in [4.78, 5) is 16.4. The molecule has 1 amide bonds. The van der Waals surface area contributed by atoms with Gasteiger partial charge in [-0.3, -0.25) is 4.79 Å². The summed E-state index contributed by atoms with van der Waals surface area (Å²) < 4.78 is 26.4. The molecule has 1 aromatic heterocycles. The SMILES string of the molecule is CC1(C(=O)N2CCC[C@H](n3nnc(-c4ccc(F)cc4)n3)C2)C=CC(F)=CC1. The third-order valence-corrected chi connectivity index (χ3v) is 5.36. The van der Waals surface area contributed by atoms with Crippen LogP contribution in [0.15, 0.2) is 48.3 Å². The second kappa shape index (κ2) is 7.26. The van der Waals surface area contributed by atoms with E-state index in [-0.39, 0.29) is 23.6 Å². The zero-order valence-electron chi connectivity index (χ0n) is 15.6. The molecule has 0 N–H and O–H groups in total. The largest absolute Gasteiger partial charge is 0.340 e. The maximum atomic E-state index is 13.3. The molecule has 1 aliphatic heterocycles. The van der Waals surface area contributed by atoms with E-state index < -0.39 is 5.41 Å². The highest BCUT2D eigenvalue weighted by Crippen LogP contribution is 2.34. The second-order valence-electron chi connectivity index (χ2n) is 7.53. The smallest absolute Gasteiger partial charge is 0.232 e. The molecule has 1 aromatic carbocycles. The predicted octanol–water partition coefficient (Wildman–Crippen LogP) is 3.46. The average molecular weight is 385 g/mol. The number of tetrazole rings is 1. The Hall–Kier alpha value is -2.90. The molecule has 0 saturated carbocycles. The Morgan fingerprint density at radius 2 is 2.04 bits per heavy atom. The van der Waals surface area contributed by atoms with Crippen LogP contribution in [0, 0.1) is 11.2 Å². The van der Waals surface area contributed by atoms with Crippen LogP contribution in [-0.4, -0.2) is 44.1 Å². The monoisotopic (exact) mass is 385 g/mol. The number of nitrogens with zero attached hydrogens (tertiary/aromatic N) is 5. The highest BCUT2D eigenvalue weighted by atomic mass is 19.1. The Bertz CT molecular complexity index is 936. The first-order valence-corrected chi connectivity index (χ1v) is 9.34. The van der Waals surface area contributed by atoms with Crippen LogP contribution in [-0.2, 0) is 4.79 Å². The highest BCUT2D eigenvalue weighted by Gasteiger charge is 2.37. The van der Waals surface area contributed by atoms with Crippen molar-refractivity contribution in [2.45, 2.75) is 32.2 Å². The molecular formula is C20H21F2N5O. The van der Waals surface area contributed by atoms with Gasteiger partial charge in [-0.2, -0.15) is 4.80 Å². The summed E-state index contributed by atoms with van der Waals surface area (Å²) in [5, 5.41) is 12.6. The van der Waals surface area contributed by atoms with Crippen LogP contribution in [0.5, 0.6) is 0 Å². The van der Waals surface area contributed by atoms with Crippen LogP contribution >= 0.6 is 0 Å². The minimum atomic E-state index is -0.730. The number of aromatic nitrogens is 4. The van der Waals surface area contributed by atoms with Gasteiger partial charge in [0, 0.05) is 18.7 Å². The van der Waals surface area contributed by atoms with Gasteiger partial charge in [-0.25, -0.2) is 8.78 Å². The normalized spacial score (nSPS) is 24.9. The van der Waals surface area contributed by atoms with E-state index in [0.29, 0.717) is 30.9 Å². The first-order chi connectivity index (χ1) is 13.4. The van der Waals surface area contributed by atoms with E-state index in [0.717, 1.165) is 12.8 Å². The van der Waals surface area contributed by atoms with Crippen molar-refractivity contribution in [3.8, 4) is 11.4 Å². The van der Waals surface area contributed by atoms with Gasteiger partial charge < -0.3 is 4.90 Å². The molecule has 28 heavy (non-hydrogen) atoms. The van der Waals surface area contributed by atoms with Crippen molar-refractivity contribution in [2.75, 3.05) is 13.1 Å². The number of hydrogen-bond donors (Lipinski definition) is 0. The fourth-order valence-electron chi connectivity index (χ4n) is 3.65. The van der Waals surface area contributed by atoms with Crippen molar-refractivity contribution >= 4 is 5.91 Å². The lowest BCUT2D eigenvalue weighted by molar-refractivity contribution is -0.140. The Balaban J connectivity index is 1.48. The van der Waals surface area contributed by atoms with Gasteiger partial charge in [0.2, 0.25) is 11.7 Å². The molecule has 4 rings (SSSR count). The standard InChI is InChI=1S/C20H21F2N5O/c1-20(10-8-16(22)9-11-20)19(28)26-12-2-3-17(13-26)27-24-18(23-25-27)14-4-6-15(21)7-5-14/h4-10,17H,2-3,11-13H2,1H3/t17-,20?/m0/s1. The van der Waals surface area contributed by atoms with Gasteiger partial charge in [-0.15, -0.1) is 10.2 Å². The lowest BCUT2D eigenvalue weighted by Gasteiger charge is -2.37. The molecule has 1 saturated heterocycles. The number of allylic oxidation sites excluding steroid dienone is 3. The summed E-state index contributed by atoms with van der Waals surface area (Å²) in [7, 11) is 0. The van der Waals surface area contributed by atoms with Gasteiger partial charge in [-0.05, 0) is 67.8 Å². The maximum Gasteiger partial charge on any atom is 0.232 e. The van der Waals surface area contributed by atoms with E-state index in [9.17, 15) is 13.6 Å². The van der Waals surface area contributed by atoms with E-state index in [2.05, 4.69) is 15.4 Å². The summed E-state index contributed by atoms with van der Waals surface area (Å²) in [5.74, 6) is -0.221. The van der Waals surface area contributed by atoms with Gasteiger partial charge in [0.1, 0.15) is 11.6 Å². The van der Waals surface area contributed by atoms with Gasteiger partial charge in [0.15, 0.2) is 0 Å². The second-order valence-corrected chi connectivity index (χ2v) is 7.53. The van der Waals surface area contributed by atoms with Crippen molar-refractivity contribution < 1.29 is 13.6 Å². The van der Waals surface area contributed by atoms with Gasteiger partial charge in [0.05, 0.1) is 11.5 Å². The molecular weight excluding hydrogens is 364 g/mol. The molecule has 1 unspecified atom stereocenters. The summed E-state index contributed by atoms with van der Waals surface area (Å²) in [5.41, 5.74) is -0.0444. The Morgan fingerprint density at radius 3 is 2.75 bits per heavy atom. The van der Waals surface area contributed by atoms with E-state index >= 15 is 0 Å². The Morgan fingerprint density at radius 1 is 1.25 bits per heavy atom. The molecule has 6 nitrogen and oxygen atoms in total. The third-order valence-electron chi connectivity index (χ3n) is 5.36. The van der Waals surface area contributed by atoms with Gasteiger partial charge in [0.25, 0.3) is 0 Å². The number of piperidine rings is 1. The molecule has 2 aliphatic rings. The third kappa shape index (κ3) is 3.58. The molecule has 8 heteroatoms. The number of halogens is 2. The van der Waals surface area contributed by atoms with Gasteiger partial charge in [-0.1, -0.05) is 6.08 Å². The van der Waals surface area contributed by atoms with Crippen LogP contribution in [0.1, 0.15) is 32.2 Å². The molecule has 0 bridgehead atoms. The quantitative estimate of drug-likeness (QED) is 0.812. The Labute approximate surface area is 161 Å². The molecule has 2 atom stereocenters. The summed E-state index contributed by atoms with van der Waals surface area (Å²) >= 11 is 0.